The van der Waals surface area contributed by atoms with Crippen LogP contribution in [0.5, 0.6) is 0 Å². The second kappa shape index (κ2) is 6.62. The standard InChI is InChI=1S/C11H22N4O/c1-4-5-15-7-10(6-13-15)11(14-12)8-16-9(2)3/h6-7,9,11,14H,4-5,8,12H2,1-3H3. The largest absolute Gasteiger partial charge is 0.377 e. The van der Waals surface area contributed by atoms with Crippen molar-refractivity contribution in [2.24, 2.45) is 5.84 Å². The van der Waals surface area contributed by atoms with E-state index in [2.05, 4.69) is 17.4 Å². The average Bonchev–Trinajstić information content (AvgIpc) is 2.68. The third-order valence-corrected chi connectivity index (χ3v) is 2.31. The van der Waals surface area contributed by atoms with Crippen LogP contribution in [0.25, 0.3) is 0 Å². The summed E-state index contributed by atoms with van der Waals surface area (Å²) in [6.45, 7) is 7.64. The van der Waals surface area contributed by atoms with Crippen LogP contribution in [0.15, 0.2) is 12.4 Å². The Balaban J connectivity index is 2.56. The Labute approximate surface area is 96.9 Å². The lowest BCUT2D eigenvalue weighted by Crippen LogP contribution is -2.32. The number of nitrogens with one attached hydrogen (secondary N) is 1. The zero-order valence-corrected chi connectivity index (χ0v) is 10.3. The molecule has 3 N–H and O–H groups in total. The van der Waals surface area contributed by atoms with Crippen LogP contribution in [0.2, 0.25) is 0 Å². The fourth-order valence-electron chi connectivity index (χ4n) is 1.44. The molecule has 1 aromatic heterocycles. The molecule has 0 bridgehead atoms. The normalized spacial score (nSPS) is 13.3. The molecule has 1 heterocycles. The van der Waals surface area contributed by atoms with Gasteiger partial charge in [0.25, 0.3) is 0 Å². The van der Waals surface area contributed by atoms with Crippen LogP contribution in [0.1, 0.15) is 38.8 Å². The smallest absolute Gasteiger partial charge is 0.0724 e. The van der Waals surface area contributed by atoms with Gasteiger partial charge in [0, 0.05) is 18.3 Å². The summed E-state index contributed by atoms with van der Waals surface area (Å²) in [4.78, 5) is 0. The third-order valence-electron chi connectivity index (χ3n) is 2.31. The van der Waals surface area contributed by atoms with Gasteiger partial charge in [-0.3, -0.25) is 16.0 Å². The second-order valence-electron chi connectivity index (χ2n) is 4.14. The van der Waals surface area contributed by atoms with Gasteiger partial charge in [-0.2, -0.15) is 5.10 Å². The van der Waals surface area contributed by atoms with E-state index >= 15 is 0 Å². The van der Waals surface area contributed by atoms with Gasteiger partial charge in [0.2, 0.25) is 0 Å². The van der Waals surface area contributed by atoms with E-state index in [-0.39, 0.29) is 12.1 Å². The molecule has 0 amide bonds. The van der Waals surface area contributed by atoms with E-state index in [1.807, 2.05) is 30.9 Å². The molecule has 1 rings (SSSR count). The first-order valence-electron chi connectivity index (χ1n) is 5.77. The van der Waals surface area contributed by atoms with Crippen molar-refractivity contribution in [2.75, 3.05) is 6.61 Å². The maximum Gasteiger partial charge on any atom is 0.0724 e. The van der Waals surface area contributed by atoms with E-state index in [0.29, 0.717) is 6.61 Å². The van der Waals surface area contributed by atoms with Gasteiger partial charge >= 0.3 is 0 Å². The van der Waals surface area contributed by atoms with E-state index in [1.165, 1.54) is 0 Å². The van der Waals surface area contributed by atoms with Gasteiger partial charge in [-0.05, 0) is 20.3 Å². The molecule has 0 saturated heterocycles. The molecule has 0 aromatic carbocycles. The molecular formula is C11H22N4O. The molecule has 1 unspecified atom stereocenters. The van der Waals surface area contributed by atoms with E-state index in [0.717, 1.165) is 18.5 Å². The number of aryl methyl sites for hydroxylation is 1. The number of hydrazine groups is 1. The minimum Gasteiger partial charge on any atom is -0.377 e. The van der Waals surface area contributed by atoms with Crippen LogP contribution in [0.4, 0.5) is 0 Å². The van der Waals surface area contributed by atoms with Crippen molar-refractivity contribution in [1.82, 2.24) is 15.2 Å². The van der Waals surface area contributed by atoms with Gasteiger partial charge in [0.15, 0.2) is 0 Å². The first-order chi connectivity index (χ1) is 7.67. The summed E-state index contributed by atoms with van der Waals surface area (Å²) in [5.41, 5.74) is 3.82. The molecule has 92 valence electrons. The summed E-state index contributed by atoms with van der Waals surface area (Å²) in [7, 11) is 0. The minimum atomic E-state index is 0.00741. The quantitative estimate of drug-likeness (QED) is 0.542. The van der Waals surface area contributed by atoms with Gasteiger partial charge in [-0.15, -0.1) is 0 Å². The summed E-state index contributed by atoms with van der Waals surface area (Å²) in [5, 5.41) is 4.27. The van der Waals surface area contributed by atoms with Gasteiger partial charge in [-0.1, -0.05) is 6.92 Å². The SMILES string of the molecule is CCCn1cc(C(COC(C)C)NN)cn1. The highest BCUT2D eigenvalue weighted by Crippen LogP contribution is 2.12. The number of aromatic nitrogens is 2. The third kappa shape index (κ3) is 3.92. The van der Waals surface area contributed by atoms with E-state index in [4.69, 9.17) is 10.6 Å². The summed E-state index contributed by atoms with van der Waals surface area (Å²) in [5.74, 6) is 5.51. The molecular weight excluding hydrogens is 204 g/mol. The van der Waals surface area contributed by atoms with Crippen LogP contribution < -0.4 is 11.3 Å². The monoisotopic (exact) mass is 226 g/mol. The van der Waals surface area contributed by atoms with Crippen molar-refractivity contribution < 1.29 is 4.74 Å². The zero-order chi connectivity index (χ0) is 12.0. The molecule has 0 fully saturated rings. The molecule has 1 aromatic rings. The van der Waals surface area contributed by atoms with Crippen LogP contribution in [0.3, 0.4) is 0 Å². The molecule has 0 aliphatic heterocycles. The molecule has 0 spiro atoms. The Kier molecular flexibility index (Phi) is 5.45. The molecule has 5 heteroatoms. The van der Waals surface area contributed by atoms with Gasteiger partial charge < -0.3 is 4.74 Å². The molecule has 0 aliphatic carbocycles. The van der Waals surface area contributed by atoms with Crippen molar-refractivity contribution in [1.29, 1.82) is 0 Å². The van der Waals surface area contributed by atoms with Gasteiger partial charge in [0.05, 0.1) is 24.9 Å². The number of ether oxygens (including phenoxy) is 1. The Morgan fingerprint density at radius 3 is 2.88 bits per heavy atom. The van der Waals surface area contributed by atoms with Crippen molar-refractivity contribution >= 4 is 0 Å². The van der Waals surface area contributed by atoms with E-state index in [9.17, 15) is 0 Å². The predicted octanol–water partition coefficient (Wildman–Crippen LogP) is 1.22. The lowest BCUT2D eigenvalue weighted by molar-refractivity contribution is 0.0611. The lowest BCUT2D eigenvalue weighted by Gasteiger charge is -2.16. The van der Waals surface area contributed by atoms with Gasteiger partial charge in [-0.25, -0.2) is 0 Å². The van der Waals surface area contributed by atoms with Crippen molar-refractivity contribution in [3.8, 4) is 0 Å². The lowest BCUT2D eigenvalue weighted by atomic mass is 10.2. The van der Waals surface area contributed by atoms with Crippen LogP contribution in [-0.2, 0) is 11.3 Å². The number of rotatable bonds is 7. The number of hydrogen-bond donors (Lipinski definition) is 2. The molecule has 5 nitrogen and oxygen atoms in total. The first kappa shape index (κ1) is 13.2. The Morgan fingerprint density at radius 2 is 2.31 bits per heavy atom. The van der Waals surface area contributed by atoms with Crippen molar-refractivity contribution in [2.45, 2.75) is 45.9 Å². The molecule has 0 aliphatic rings. The summed E-state index contributed by atoms with van der Waals surface area (Å²) in [6.07, 6.45) is 5.13. The fourth-order valence-corrected chi connectivity index (χ4v) is 1.44. The van der Waals surface area contributed by atoms with Crippen LogP contribution >= 0.6 is 0 Å². The van der Waals surface area contributed by atoms with Crippen molar-refractivity contribution in [3.63, 3.8) is 0 Å². The average molecular weight is 226 g/mol. The number of hydrogen-bond acceptors (Lipinski definition) is 4. The van der Waals surface area contributed by atoms with Gasteiger partial charge in [0.1, 0.15) is 0 Å². The Morgan fingerprint density at radius 1 is 1.56 bits per heavy atom. The molecule has 1 atom stereocenters. The highest BCUT2D eigenvalue weighted by Gasteiger charge is 2.12. The fraction of sp³-hybridized carbons (Fsp3) is 0.727. The second-order valence-corrected chi connectivity index (χ2v) is 4.14. The maximum atomic E-state index is 5.54. The summed E-state index contributed by atoms with van der Waals surface area (Å²) >= 11 is 0. The Hall–Kier alpha value is -0.910. The zero-order valence-electron chi connectivity index (χ0n) is 10.3. The molecule has 16 heavy (non-hydrogen) atoms. The van der Waals surface area contributed by atoms with Crippen LogP contribution in [-0.4, -0.2) is 22.5 Å². The first-order valence-corrected chi connectivity index (χ1v) is 5.77. The van der Waals surface area contributed by atoms with E-state index in [1.54, 1.807) is 0 Å². The molecule has 0 saturated carbocycles. The Bertz CT molecular complexity index is 298. The molecule has 0 radical (unpaired) electrons. The minimum absolute atomic E-state index is 0.00741. The van der Waals surface area contributed by atoms with E-state index < -0.39 is 0 Å². The topological polar surface area (TPSA) is 65.1 Å². The number of nitrogens with zero attached hydrogens (tertiary/aromatic N) is 2. The van der Waals surface area contributed by atoms with Crippen molar-refractivity contribution in [3.05, 3.63) is 18.0 Å². The highest BCUT2D eigenvalue weighted by atomic mass is 16.5. The predicted molar refractivity (Wildman–Crippen MR) is 63.7 cm³/mol. The highest BCUT2D eigenvalue weighted by molar-refractivity contribution is 5.10. The summed E-state index contributed by atoms with van der Waals surface area (Å²) in [6, 6.07) is 0.00741. The van der Waals surface area contributed by atoms with Crippen LogP contribution in [0, 0.1) is 0 Å². The maximum absolute atomic E-state index is 5.54. The number of nitrogens with two attached hydrogens (primary N) is 1. The summed E-state index contributed by atoms with van der Waals surface area (Å²) < 4.78 is 7.46.